The number of aryl methyl sites for hydroxylation is 2. The van der Waals surface area contributed by atoms with E-state index in [2.05, 4.69) is 207 Å². The fourth-order valence-corrected chi connectivity index (χ4v) is 11.8. The van der Waals surface area contributed by atoms with Crippen LogP contribution in [0.25, 0.3) is 77.0 Å². The number of fused-ring (bicyclic) bond motifs is 7. The summed E-state index contributed by atoms with van der Waals surface area (Å²) in [6, 6.07) is 61.6. The second-order valence-corrected chi connectivity index (χ2v) is 17.6. The summed E-state index contributed by atoms with van der Waals surface area (Å²) in [5.74, 6) is 0. The van der Waals surface area contributed by atoms with Crippen LogP contribution < -0.4 is 38.5 Å². The van der Waals surface area contributed by atoms with Crippen molar-refractivity contribution in [2.24, 2.45) is 0 Å². The number of nitrogens with zero attached hydrogens (tertiary/aromatic N) is 2. The van der Waals surface area contributed by atoms with Crippen LogP contribution in [0.5, 0.6) is 0 Å². The smallest absolute Gasteiger partial charge is 0.263 e. The Morgan fingerprint density at radius 2 is 0.726 bits per heavy atom. The molecule has 0 bridgehead atoms. The van der Waals surface area contributed by atoms with Gasteiger partial charge in [-0.3, -0.25) is 9.13 Å². The summed E-state index contributed by atoms with van der Waals surface area (Å²) < 4.78 is 4.14. The summed E-state index contributed by atoms with van der Waals surface area (Å²) in [4.78, 5) is 16.0. The van der Waals surface area contributed by atoms with Gasteiger partial charge < -0.3 is 0 Å². The van der Waals surface area contributed by atoms with Crippen LogP contribution in [0.1, 0.15) is 22.3 Å². The van der Waals surface area contributed by atoms with E-state index in [1.165, 1.54) is 98.7 Å². The normalized spacial score (nSPS) is 12.8. The van der Waals surface area contributed by atoms with Crippen LogP contribution in [0, 0.1) is 27.7 Å². The van der Waals surface area contributed by atoms with E-state index in [9.17, 15) is 0 Å². The highest BCUT2D eigenvalue weighted by atomic mass is 16.1. The number of rotatable bonds is 4. The first-order chi connectivity index (χ1) is 30.4. The van der Waals surface area contributed by atoms with Crippen LogP contribution in [-0.4, -0.2) is 22.6 Å². The predicted octanol–water partition coefficient (Wildman–Crippen LogP) is 8.91. The maximum Gasteiger partial charge on any atom is 0.338 e. The maximum absolute atomic E-state index is 16.0. The zero-order chi connectivity index (χ0) is 41.5. The molecule has 0 aliphatic carbocycles. The van der Waals surface area contributed by atoms with Crippen LogP contribution in [-0.2, 0) is 0 Å². The van der Waals surface area contributed by atoms with Gasteiger partial charge in [-0.05, 0) is 128 Å². The molecule has 0 spiro atoms. The Bertz CT molecular complexity index is 3530. The molecule has 2 aliphatic heterocycles. The lowest BCUT2D eigenvalue weighted by atomic mass is 9.33. The van der Waals surface area contributed by atoms with E-state index in [-0.39, 0.29) is 19.1 Å². The first-order valence-electron chi connectivity index (χ1n) is 21.8. The summed E-state index contributed by atoms with van der Waals surface area (Å²) in [7, 11) is 0. The molecule has 0 fully saturated rings. The van der Waals surface area contributed by atoms with Gasteiger partial charge >= 0.3 is 5.69 Å². The van der Waals surface area contributed by atoms with E-state index < -0.39 is 0 Å². The van der Waals surface area contributed by atoms with E-state index in [0.29, 0.717) is 0 Å². The Labute approximate surface area is 361 Å². The third-order valence-corrected chi connectivity index (χ3v) is 14.8. The molecule has 0 amide bonds. The van der Waals surface area contributed by atoms with Crippen molar-refractivity contribution < 1.29 is 0 Å². The minimum absolute atomic E-state index is 0.0397. The Hall–Kier alpha value is -7.36. The molecule has 3 heterocycles. The molecule has 0 atom stereocenters. The molecular weight excluding hydrogens is 750 g/mol. The van der Waals surface area contributed by atoms with Crippen molar-refractivity contribution in [2.75, 3.05) is 0 Å². The molecule has 0 radical (unpaired) electrons. The van der Waals surface area contributed by atoms with Gasteiger partial charge in [0.25, 0.3) is 0 Å². The Morgan fingerprint density at radius 1 is 0.355 bits per heavy atom. The van der Waals surface area contributed by atoms with Gasteiger partial charge in [0.15, 0.2) is 0 Å². The summed E-state index contributed by atoms with van der Waals surface area (Å²) in [5, 5.41) is 7.61. The van der Waals surface area contributed by atoms with E-state index in [4.69, 9.17) is 0 Å². The van der Waals surface area contributed by atoms with Gasteiger partial charge in [0.1, 0.15) is 0 Å². The molecule has 62 heavy (non-hydrogen) atoms. The molecule has 0 N–H and O–H groups in total. The fraction of sp³-hybridized carbons (Fsp3) is 0.0702. The van der Waals surface area contributed by atoms with Crippen molar-refractivity contribution in [3.8, 4) is 33.6 Å². The molecule has 0 unspecified atom stereocenters. The van der Waals surface area contributed by atoms with Crippen molar-refractivity contribution in [3.63, 3.8) is 0 Å². The number of aromatic nitrogens is 2. The highest BCUT2D eigenvalue weighted by Crippen LogP contribution is 2.46. The van der Waals surface area contributed by atoms with Crippen LogP contribution >= 0.6 is 0 Å². The van der Waals surface area contributed by atoms with Crippen molar-refractivity contribution in [2.45, 2.75) is 27.7 Å². The zero-order valence-electron chi connectivity index (χ0n) is 35.1. The number of hydrogen-bond acceptors (Lipinski definition) is 1. The maximum atomic E-state index is 16.0. The minimum Gasteiger partial charge on any atom is -0.263 e. The summed E-state index contributed by atoms with van der Waals surface area (Å²) in [5.41, 5.74) is 21.1. The molecule has 2 aliphatic rings. The van der Waals surface area contributed by atoms with E-state index in [1.54, 1.807) is 0 Å². The SMILES string of the molecule is Cc1c(C)c(C)c2c3cc4c5c6c3c(cc3c6n(c(=O)n5-c5ccccc5B4c4ccccc4-c4ccccc4)-c4ccccc4B3c3ccccc3-c3ccccc3)c2c1C. The van der Waals surface area contributed by atoms with Gasteiger partial charge in [-0.1, -0.05) is 169 Å². The summed E-state index contributed by atoms with van der Waals surface area (Å²) >= 11 is 0. The van der Waals surface area contributed by atoms with Gasteiger partial charge in [0, 0.05) is 22.1 Å². The molecular formula is C57H40B2N2O. The monoisotopic (exact) mass is 790 g/mol. The third-order valence-electron chi connectivity index (χ3n) is 14.8. The number of benzene rings is 9. The molecule has 0 saturated carbocycles. The molecule has 13 rings (SSSR count). The van der Waals surface area contributed by atoms with Crippen molar-refractivity contribution in [3.05, 3.63) is 203 Å². The molecule has 0 saturated heterocycles. The lowest BCUT2D eigenvalue weighted by molar-refractivity contribution is 0.890. The van der Waals surface area contributed by atoms with Crippen molar-refractivity contribution in [1.29, 1.82) is 0 Å². The van der Waals surface area contributed by atoms with Gasteiger partial charge in [0.05, 0.1) is 11.0 Å². The minimum atomic E-state index is -0.129. The van der Waals surface area contributed by atoms with E-state index in [1.807, 2.05) is 0 Å². The topological polar surface area (TPSA) is 26.9 Å². The number of hydrogen-bond donors (Lipinski definition) is 0. The predicted molar refractivity (Wildman–Crippen MR) is 265 cm³/mol. The molecule has 10 aromatic carbocycles. The van der Waals surface area contributed by atoms with Gasteiger partial charge in [-0.15, -0.1) is 0 Å². The highest BCUT2D eigenvalue weighted by molar-refractivity contribution is 7.00. The largest absolute Gasteiger partial charge is 0.338 e. The highest BCUT2D eigenvalue weighted by Gasteiger charge is 2.41. The second-order valence-electron chi connectivity index (χ2n) is 17.6. The van der Waals surface area contributed by atoms with Crippen molar-refractivity contribution >= 4 is 89.6 Å². The zero-order valence-corrected chi connectivity index (χ0v) is 35.1. The molecule has 1 aromatic heterocycles. The third kappa shape index (κ3) is 4.50. The van der Waals surface area contributed by atoms with Crippen LogP contribution in [0.3, 0.4) is 0 Å². The van der Waals surface area contributed by atoms with E-state index in [0.717, 1.165) is 33.3 Å². The average Bonchev–Trinajstić information content (AvgIpc) is 3.65. The molecule has 290 valence electrons. The lowest BCUT2D eigenvalue weighted by Crippen LogP contribution is -2.60. The van der Waals surface area contributed by atoms with E-state index >= 15 is 4.79 Å². The second kappa shape index (κ2) is 12.8. The summed E-state index contributed by atoms with van der Waals surface area (Å²) in [6.07, 6.45) is 0. The van der Waals surface area contributed by atoms with Gasteiger partial charge in [0.2, 0.25) is 13.4 Å². The molecule has 5 heteroatoms. The van der Waals surface area contributed by atoms with Crippen LogP contribution in [0.4, 0.5) is 0 Å². The quantitative estimate of drug-likeness (QED) is 0.164. The van der Waals surface area contributed by atoms with Crippen LogP contribution in [0.15, 0.2) is 175 Å². The van der Waals surface area contributed by atoms with Crippen LogP contribution in [0.2, 0.25) is 0 Å². The molecule has 3 nitrogen and oxygen atoms in total. The fourth-order valence-electron chi connectivity index (χ4n) is 11.8. The average molecular weight is 791 g/mol. The molecule has 11 aromatic rings. The Kier molecular flexibility index (Phi) is 7.32. The number of para-hydroxylation sites is 2. The summed E-state index contributed by atoms with van der Waals surface area (Å²) in [6.45, 7) is 8.95. The van der Waals surface area contributed by atoms with Gasteiger partial charge in [-0.2, -0.15) is 0 Å². The standard InChI is InChI=1S/C57H40B2N2O/c1-33-34(2)36(4)52-42-32-48-56-54-53(42)41(51(52)35(33)3)31-47-55(54)60(49-29-17-15-27-45(49)58(47)43-25-13-11-23-39(43)37-19-7-5-8-20-37)57(62)61(56)50-30-18-16-28-46(50)59(48)44-26-14-12-24-40(44)38-21-9-6-10-22-38/h5-32H,1-4H3. The lowest BCUT2D eigenvalue weighted by Gasteiger charge is -2.35. The first kappa shape index (κ1) is 35.4. The Balaban J connectivity index is 1.28. The first-order valence-corrected chi connectivity index (χ1v) is 21.8. The van der Waals surface area contributed by atoms with Gasteiger partial charge in [-0.25, -0.2) is 4.79 Å². The van der Waals surface area contributed by atoms with Crippen molar-refractivity contribution in [1.82, 2.24) is 9.13 Å². The Morgan fingerprint density at radius 3 is 1.16 bits per heavy atom.